The Morgan fingerprint density at radius 1 is 0.241 bits per heavy atom. The summed E-state index contributed by atoms with van der Waals surface area (Å²) in [4.78, 5) is 80.3. The predicted molar refractivity (Wildman–Crippen MR) is 528 cm³/mol. The number of ether oxygens (including phenoxy) is 9. The molecule has 0 saturated carbocycles. The molecule has 6 aliphatic rings. The molecule has 21 nitrogen and oxygen atoms in total. The van der Waals surface area contributed by atoms with Crippen molar-refractivity contribution < 1.29 is 71.4 Å². The summed E-state index contributed by atoms with van der Waals surface area (Å²) < 4.78 is 52.1. The standard InChI is InChI=1S/2C21H23NO3.2C20H21NO2.C15H19NO3.C14H16ClNO2/c1-3-21(23)22-13-11-19(12-14-22)25-20-6-4-5-17(15-20)16-7-9-18(24-2)10-8-16;1-3-21(23)22-14-12-18(13-15-22)25-17-10-8-16(9-11-17)19-6-4-5-7-20(19)24-2;1-2-20(22)21-14-12-17(13-15-21)23-19-11-7-6-10-18(19)16-8-4-3-5-9-16;1-2-20(22)21-13-11-18(12-14-21)23-19-10-6-9-17(15-19)16-7-4-3-5-8-16;1-3-15(17)16-9-7-12(8-10-16)19-14-6-4-5-13(11-14)18-2;1-2-14(17)16-9-7-11(8-10-16)18-13-6-4-3-5-12(13)15/h3-10,15,19H,1,11-14H2,2H3;3-11,18H,1,12-15H2,2H3;2-11,17H,1,12-15H2;2-10,15,18H,1,11-14H2;3-6,11-12H,1,7-10H2,2H3;2-6,11H,1,7-10H2. The number of rotatable bonds is 25. The van der Waals surface area contributed by atoms with E-state index >= 15 is 0 Å². The van der Waals surface area contributed by atoms with Crippen molar-refractivity contribution in [3.8, 4) is 96.3 Å². The summed E-state index contributed by atoms with van der Waals surface area (Å²) >= 11 is 6.04. The van der Waals surface area contributed by atoms with E-state index in [2.05, 4.69) is 94.1 Å². The second-order valence-corrected chi connectivity index (χ2v) is 32.8. The molecule has 694 valence electrons. The highest BCUT2D eigenvalue weighted by Gasteiger charge is 2.30. The van der Waals surface area contributed by atoms with Crippen LogP contribution >= 0.6 is 11.6 Å². The highest BCUT2D eigenvalue weighted by molar-refractivity contribution is 6.32. The third-order valence-corrected chi connectivity index (χ3v) is 24.0. The molecule has 0 N–H and O–H groups in total. The first kappa shape index (κ1) is 99.5. The van der Waals surface area contributed by atoms with E-state index < -0.39 is 0 Å². The number of para-hydroxylation sites is 3. The third kappa shape index (κ3) is 30.8. The zero-order chi connectivity index (χ0) is 94.1. The van der Waals surface area contributed by atoms with E-state index in [1.54, 1.807) is 31.1 Å². The number of carbonyl (C=O) groups excluding carboxylic acids is 6. The molecule has 0 aliphatic carbocycles. The summed E-state index contributed by atoms with van der Waals surface area (Å²) in [6.07, 6.45) is 19.2. The van der Waals surface area contributed by atoms with Crippen LogP contribution < -0.4 is 42.6 Å². The Labute approximate surface area is 788 Å². The maximum absolute atomic E-state index is 11.6. The fourth-order valence-electron chi connectivity index (χ4n) is 16.2. The second kappa shape index (κ2) is 52.7. The summed E-state index contributed by atoms with van der Waals surface area (Å²) in [7, 11) is 4.98. The summed E-state index contributed by atoms with van der Waals surface area (Å²) in [5.74, 6) is 7.54. The van der Waals surface area contributed by atoms with Gasteiger partial charge >= 0.3 is 0 Å². The number of hydrogen-bond acceptors (Lipinski definition) is 15. The van der Waals surface area contributed by atoms with Crippen molar-refractivity contribution in [2.45, 2.75) is 114 Å². The highest BCUT2D eigenvalue weighted by atomic mass is 35.5. The van der Waals surface area contributed by atoms with Crippen LogP contribution in [0.15, 0.2) is 331 Å². The van der Waals surface area contributed by atoms with Gasteiger partial charge in [0.2, 0.25) is 35.4 Å². The number of methoxy groups -OCH3 is 3. The Balaban J connectivity index is 0.000000154. The zero-order valence-corrected chi connectivity index (χ0v) is 77.3. The quantitative estimate of drug-likeness (QED) is 0.0488. The Bertz CT molecular complexity index is 5420. The van der Waals surface area contributed by atoms with E-state index in [-0.39, 0.29) is 72.1 Å². The van der Waals surface area contributed by atoms with Gasteiger partial charge in [-0.3, -0.25) is 28.8 Å². The van der Waals surface area contributed by atoms with Gasteiger partial charge in [-0.25, -0.2) is 0 Å². The van der Waals surface area contributed by atoms with Crippen LogP contribution in [0.4, 0.5) is 0 Å². The van der Waals surface area contributed by atoms with Gasteiger partial charge in [-0.2, -0.15) is 0 Å². The van der Waals surface area contributed by atoms with E-state index in [9.17, 15) is 28.8 Å². The van der Waals surface area contributed by atoms with Crippen LogP contribution in [0, 0.1) is 0 Å². The molecule has 0 bridgehead atoms. The van der Waals surface area contributed by atoms with Crippen molar-refractivity contribution in [1.29, 1.82) is 0 Å². The molecule has 0 radical (unpaired) electrons. The van der Waals surface area contributed by atoms with Crippen LogP contribution in [0.5, 0.6) is 51.7 Å². The summed E-state index contributed by atoms with van der Waals surface area (Å²) in [5.41, 5.74) is 8.99. The normalized spacial score (nSPS) is 15.3. The molecular weight excluding hydrogens is 1690 g/mol. The molecule has 16 rings (SSSR count). The van der Waals surface area contributed by atoms with Crippen molar-refractivity contribution in [2.75, 3.05) is 99.9 Å². The molecule has 6 saturated heterocycles. The molecule has 0 aromatic heterocycles. The fraction of sp³-hybridized carbons (Fsp3) is 0.297. The van der Waals surface area contributed by atoms with Gasteiger partial charge in [0.1, 0.15) is 88.4 Å². The zero-order valence-electron chi connectivity index (χ0n) is 76.6. The maximum atomic E-state index is 11.6. The van der Waals surface area contributed by atoms with Gasteiger partial charge in [-0.05, 0) is 155 Å². The Morgan fingerprint density at radius 2 is 0.496 bits per heavy atom. The average Bonchev–Trinajstić information content (AvgIpc) is 0.828. The van der Waals surface area contributed by atoms with E-state index in [4.69, 9.17) is 54.2 Å². The monoisotopic (exact) mass is 1810 g/mol. The van der Waals surface area contributed by atoms with Gasteiger partial charge in [0.05, 0.1) is 26.4 Å². The number of halogens is 1. The highest BCUT2D eigenvalue weighted by Crippen LogP contribution is 2.36. The van der Waals surface area contributed by atoms with Crippen LogP contribution in [0.25, 0.3) is 44.5 Å². The average molecular weight is 1820 g/mol. The first-order valence-corrected chi connectivity index (χ1v) is 45.9. The number of amides is 6. The molecule has 0 unspecified atom stereocenters. The van der Waals surface area contributed by atoms with Crippen molar-refractivity contribution in [1.82, 2.24) is 29.4 Å². The lowest BCUT2D eigenvalue weighted by molar-refractivity contribution is -0.128. The van der Waals surface area contributed by atoms with Crippen molar-refractivity contribution >= 4 is 47.0 Å². The third-order valence-electron chi connectivity index (χ3n) is 23.7. The number of benzene rings is 10. The lowest BCUT2D eigenvalue weighted by atomic mass is 10.0. The number of hydrogen-bond donors (Lipinski definition) is 0. The van der Waals surface area contributed by atoms with E-state index in [1.165, 1.54) is 42.0 Å². The van der Waals surface area contributed by atoms with Gasteiger partial charge < -0.3 is 72.0 Å². The van der Waals surface area contributed by atoms with Crippen molar-refractivity contribution in [2.24, 2.45) is 0 Å². The molecule has 6 fully saturated rings. The van der Waals surface area contributed by atoms with Gasteiger partial charge in [0.15, 0.2) is 0 Å². The minimum absolute atomic E-state index is 0.0000434. The molecular formula is C111H123ClN6O15. The van der Waals surface area contributed by atoms with Crippen LogP contribution in [0.3, 0.4) is 0 Å². The second-order valence-electron chi connectivity index (χ2n) is 32.4. The number of piperidine rings is 6. The molecule has 10 aromatic rings. The molecule has 0 spiro atoms. The van der Waals surface area contributed by atoms with Crippen molar-refractivity contribution in [3.05, 3.63) is 336 Å². The number of carbonyl (C=O) groups is 6. The lowest BCUT2D eigenvalue weighted by Gasteiger charge is -2.32. The molecule has 0 atom stereocenters. The fourth-order valence-corrected chi connectivity index (χ4v) is 16.4. The summed E-state index contributed by atoms with van der Waals surface area (Å²) in [5, 5.41) is 0.627. The Morgan fingerprint density at radius 3 is 0.857 bits per heavy atom. The topological polar surface area (TPSA) is 205 Å². The first-order valence-electron chi connectivity index (χ1n) is 45.5. The minimum atomic E-state index is -0.00815. The van der Waals surface area contributed by atoms with E-state index in [1.807, 2.05) is 220 Å². The largest absolute Gasteiger partial charge is 0.497 e. The van der Waals surface area contributed by atoms with Gasteiger partial charge in [0, 0.05) is 173 Å². The van der Waals surface area contributed by atoms with Crippen LogP contribution in [-0.4, -0.2) is 201 Å². The molecule has 6 aliphatic heterocycles. The SMILES string of the molecule is C=CC(=O)N1CCC(Oc2ccc(-c3ccccc3OC)cc2)CC1.C=CC(=O)N1CCC(Oc2cccc(-c3ccc(OC)cc3)c2)CC1.C=CC(=O)N1CCC(Oc2cccc(-c3ccccc3)c2)CC1.C=CC(=O)N1CCC(Oc2cccc(OC)c2)CC1.C=CC(=O)N1CCC(Oc2ccccc2-c2ccccc2)CC1.C=CC(=O)N1CCC(Oc2ccccc2Cl)CC1. The molecule has 6 amide bonds. The molecule has 10 aromatic carbocycles. The van der Waals surface area contributed by atoms with E-state index in [0.717, 1.165) is 214 Å². The number of likely N-dealkylation sites (tertiary alicyclic amines) is 6. The van der Waals surface area contributed by atoms with Gasteiger partial charge in [0.25, 0.3) is 0 Å². The van der Waals surface area contributed by atoms with Crippen LogP contribution in [0.1, 0.15) is 77.0 Å². The van der Waals surface area contributed by atoms with Crippen LogP contribution in [0.2, 0.25) is 5.02 Å². The summed E-state index contributed by atoms with van der Waals surface area (Å²) in [6, 6.07) is 84.0. The minimum Gasteiger partial charge on any atom is -0.497 e. The smallest absolute Gasteiger partial charge is 0.245 e. The number of nitrogens with zero attached hydrogens (tertiary/aromatic N) is 6. The lowest BCUT2D eigenvalue weighted by Crippen LogP contribution is -2.41. The Hall–Kier alpha value is -14.1. The summed E-state index contributed by atoms with van der Waals surface area (Å²) in [6.45, 7) is 29.8. The maximum Gasteiger partial charge on any atom is 0.245 e. The predicted octanol–water partition coefficient (Wildman–Crippen LogP) is 20.8. The van der Waals surface area contributed by atoms with E-state index in [0.29, 0.717) is 37.0 Å². The van der Waals surface area contributed by atoms with Crippen LogP contribution in [-0.2, 0) is 28.8 Å². The molecule has 22 heteroatoms. The van der Waals surface area contributed by atoms with Gasteiger partial charge in [-0.15, -0.1) is 0 Å². The molecule has 6 heterocycles. The van der Waals surface area contributed by atoms with Gasteiger partial charge in [-0.1, -0.05) is 215 Å². The molecule has 133 heavy (non-hydrogen) atoms. The van der Waals surface area contributed by atoms with Crippen molar-refractivity contribution in [3.63, 3.8) is 0 Å². The first-order chi connectivity index (χ1) is 64.9. The Kier molecular flexibility index (Phi) is 39.4.